The van der Waals surface area contributed by atoms with Crippen LogP contribution >= 0.6 is 0 Å². The van der Waals surface area contributed by atoms with Crippen molar-refractivity contribution < 1.29 is 0 Å². The molecule has 0 amide bonds. The minimum Gasteiger partial charge on any atom is -0.303 e. The maximum Gasteiger partial charge on any atom is 0.0868 e. The predicted octanol–water partition coefficient (Wildman–Crippen LogP) is 0.524. The molecular formula is C8H10N2. The molecule has 0 fully saturated rings. The SMILES string of the molecule is C1=CC2N=CCN[C@H]2C=C1. The Morgan fingerprint density at radius 2 is 2.20 bits per heavy atom. The molecule has 0 aromatic heterocycles. The third-order valence-corrected chi connectivity index (χ3v) is 1.83. The molecule has 0 aromatic rings. The van der Waals surface area contributed by atoms with Crippen molar-refractivity contribution >= 4 is 6.21 Å². The van der Waals surface area contributed by atoms with Gasteiger partial charge in [-0.2, -0.15) is 0 Å². The van der Waals surface area contributed by atoms with Crippen molar-refractivity contribution in [3.63, 3.8) is 0 Å². The van der Waals surface area contributed by atoms with E-state index in [1.54, 1.807) is 0 Å². The second kappa shape index (κ2) is 2.39. The maximum absolute atomic E-state index is 4.33. The van der Waals surface area contributed by atoms with Gasteiger partial charge in [0, 0.05) is 12.8 Å². The molecule has 1 heterocycles. The summed E-state index contributed by atoms with van der Waals surface area (Å²) < 4.78 is 0. The van der Waals surface area contributed by atoms with Crippen LogP contribution < -0.4 is 5.32 Å². The predicted molar refractivity (Wildman–Crippen MR) is 42.4 cm³/mol. The molecule has 0 bridgehead atoms. The average Bonchev–Trinajstić information content (AvgIpc) is 2.05. The zero-order valence-corrected chi connectivity index (χ0v) is 5.70. The number of nitrogens with one attached hydrogen (secondary N) is 1. The Morgan fingerprint density at radius 1 is 1.30 bits per heavy atom. The summed E-state index contributed by atoms with van der Waals surface area (Å²) >= 11 is 0. The van der Waals surface area contributed by atoms with Crippen molar-refractivity contribution in [3.05, 3.63) is 24.3 Å². The van der Waals surface area contributed by atoms with Gasteiger partial charge in [-0.3, -0.25) is 4.99 Å². The van der Waals surface area contributed by atoms with Crippen LogP contribution in [-0.2, 0) is 0 Å². The van der Waals surface area contributed by atoms with Gasteiger partial charge in [0.2, 0.25) is 0 Å². The molecule has 2 heteroatoms. The highest BCUT2D eigenvalue weighted by Crippen LogP contribution is 2.09. The van der Waals surface area contributed by atoms with Crippen molar-refractivity contribution in [3.8, 4) is 0 Å². The number of hydrogen-bond acceptors (Lipinski definition) is 2. The summed E-state index contributed by atoms with van der Waals surface area (Å²) in [4.78, 5) is 4.33. The van der Waals surface area contributed by atoms with E-state index in [-0.39, 0.29) is 0 Å². The maximum atomic E-state index is 4.33. The van der Waals surface area contributed by atoms with Gasteiger partial charge in [0.1, 0.15) is 0 Å². The highest BCUT2D eigenvalue weighted by atomic mass is 15.0. The summed E-state index contributed by atoms with van der Waals surface area (Å²) in [5.74, 6) is 0. The third-order valence-electron chi connectivity index (χ3n) is 1.83. The number of rotatable bonds is 0. The second-order valence-corrected chi connectivity index (χ2v) is 2.53. The molecule has 1 N–H and O–H groups in total. The van der Waals surface area contributed by atoms with E-state index in [4.69, 9.17) is 0 Å². The monoisotopic (exact) mass is 134 g/mol. The zero-order chi connectivity index (χ0) is 6.81. The summed E-state index contributed by atoms with van der Waals surface area (Å²) in [7, 11) is 0. The fourth-order valence-corrected chi connectivity index (χ4v) is 1.29. The largest absolute Gasteiger partial charge is 0.303 e. The summed E-state index contributed by atoms with van der Waals surface area (Å²) in [6.07, 6.45) is 10.3. The normalized spacial score (nSPS) is 36.0. The zero-order valence-electron chi connectivity index (χ0n) is 5.70. The Kier molecular flexibility index (Phi) is 1.40. The number of fused-ring (bicyclic) bond motifs is 1. The van der Waals surface area contributed by atoms with Crippen LogP contribution in [0.4, 0.5) is 0 Å². The van der Waals surface area contributed by atoms with Gasteiger partial charge in [-0.1, -0.05) is 24.3 Å². The summed E-state index contributed by atoms with van der Waals surface area (Å²) in [6.45, 7) is 0.902. The van der Waals surface area contributed by atoms with Crippen molar-refractivity contribution in [2.45, 2.75) is 12.1 Å². The molecule has 0 saturated heterocycles. The highest BCUT2D eigenvalue weighted by Gasteiger charge is 2.17. The Morgan fingerprint density at radius 3 is 3.10 bits per heavy atom. The molecule has 2 aliphatic rings. The van der Waals surface area contributed by atoms with Crippen molar-refractivity contribution in [2.24, 2.45) is 4.99 Å². The molecule has 1 aliphatic carbocycles. The first kappa shape index (κ1) is 5.86. The van der Waals surface area contributed by atoms with E-state index >= 15 is 0 Å². The van der Waals surface area contributed by atoms with Crippen LogP contribution in [0.2, 0.25) is 0 Å². The van der Waals surface area contributed by atoms with Crippen LogP contribution in [0.1, 0.15) is 0 Å². The number of aliphatic imine (C=N–C) groups is 1. The van der Waals surface area contributed by atoms with Crippen LogP contribution in [-0.4, -0.2) is 24.8 Å². The molecular weight excluding hydrogens is 124 g/mol. The highest BCUT2D eigenvalue weighted by molar-refractivity contribution is 5.62. The van der Waals surface area contributed by atoms with Crippen molar-refractivity contribution in [1.82, 2.24) is 5.32 Å². The third kappa shape index (κ3) is 0.907. The van der Waals surface area contributed by atoms with Gasteiger partial charge in [0.15, 0.2) is 0 Å². The Bertz CT molecular complexity index is 203. The quantitative estimate of drug-likeness (QED) is 0.513. The molecule has 0 spiro atoms. The van der Waals surface area contributed by atoms with Gasteiger partial charge in [-0.15, -0.1) is 0 Å². The first-order valence-corrected chi connectivity index (χ1v) is 3.57. The topological polar surface area (TPSA) is 24.4 Å². The summed E-state index contributed by atoms with van der Waals surface area (Å²) in [6, 6.07) is 0.786. The fourth-order valence-electron chi connectivity index (χ4n) is 1.29. The molecule has 52 valence electrons. The second-order valence-electron chi connectivity index (χ2n) is 2.53. The smallest absolute Gasteiger partial charge is 0.0868 e. The van der Waals surface area contributed by atoms with E-state index in [0.717, 1.165) is 6.54 Å². The molecule has 0 aromatic carbocycles. The van der Waals surface area contributed by atoms with Gasteiger partial charge >= 0.3 is 0 Å². The van der Waals surface area contributed by atoms with E-state index < -0.39 is 0 Å². The first-order chi connectivity index (χ1) is 4.97. The number of allylic oxidation sites excluding steroid dienone is 2. The van der Waals surface area contributed by atoms with Crippen LogP contribution in [0.3, 0.4) is 0 Å². The van der Waals surface area contributed by atoms with Crippen LogP contribution in [0.15, 0.2) is 29.3 Å². The lowest BCUT2D eigenvalue weighted by Gasteiger charge is -2.24. The van der Waals surface area contributed by atoms with E-state index in [2.05, 4.69) is 28.5 Å². The van der Waals surface area contributed by atoms with Crippen molar-refractivity contribution in [1.29, 1.82) is 0 Å². The van der Waals surface area contributed by atoms with Gasteiger partial charge in [0.05, 0.1) is 12.1 Å². The van der Waals surface area contributed by atoms with Crippen molar-refractivity contribution in [2.75, 3.05) is 6.54 Å². The fraction of sp³-hybridized carbons (Fsp3) is 0.375. The minimum atomic E-state index is 0.346. The summed E-state index contributed by atoms with van der Waals surface area (Å²) in [5.41, 5.74) is 0. The molecule has 1 aliphatic heterocycles. The first-order valence-electron chi connectivity index (χ1n) is 3.57. The molecule has 2 nitrogen and oxygen atoms in total. The van der Waals surface area contributed by atoms with E-state index in [0.29, 0.717) is 12.1 Å². The van der Waals surface area contributed by atoms with E-state index in [9.17, 15) is 0 Å². The minimum absolute atomic E-state index is 0.346. The van der Waals surface area contributed by atoms with E-state index in [1.807, 2.05) is 12.3 Å². The van der Waals surface area contributed by atoms with Gasteiger partial charge in [0.25, 0.3) is 0 Å². The average molecular weight is 134 g/mol. The molecule has 2 rings (SSSR count). The molecule has 0 radical (unpaired) electrons. The van der Waals surface area contributed by atoms with Gasteiger partial charge in [-0.05, 0) is 0 Å². The number of hydrogen-bond donors (Lipinski definition) is 1. The summed E-state index contributed by atoms with van der Waals surface area (Å²) in [5, 5.41) is 3.33. The van der Waals surface area contributed by atoms with Crippen LogP contribution in [0.5, 0.6) is 0 Å². The van der Waals surface area contributed by atoms with Crippen LogP contribution in [0, 0.1) is 0 Å². The number of nitrogens with zero attached hydrogens (tertiary/aromatic N) is 1. The Labute approximate surface area is 60.3 Å². The lowest BCUT2D eigenvalue weighted by Crippen LogP contribution is -2.41. The standard InChI is InChI=1S/C8H10N2/c1-2-4-8-7(3-1)9-5-6-10-8/h1-5,7-8,10H,6H2/t7?,8-/m0/s1. The van der Waals surface area contributed by atoms with Crippen LogP contribution in [0.25, 0.3) is 0 Å². The Balaban J connectivity index is 2.21. The van der Waals surface area contributed by atoms with Gasteiger partial charge < -0.3 is 5.32 Å². The van der Waals surface area contributed by atoms with Gasteiger partial charge in [-0.25, -0.2) is 0 Å². The molecule has 0 saturated carbocycles. The Hall–Kier alpha value is -0.890. The molecule has 1 unspecified atom stereocenters. The lowest BCUT2D eigenvalue weighted by atomic mass is 10.0. The van der Waals surface area contributed by atoms with E-state index in [1.165, 1.54) is 0 Å². The molecule has 10 heavy (non-hydrogen) atoms. The molecule has 2 atom stereocenters. The lowest BCUT2D eigenvalue weighted by molar-refractivity contribution is 0.563.